The number of esters is 1. The predicted octanol–water partition coefficient (Wildman–Crippen LogP) is 5.65. The predicted molar refractivity (Wildman–Crippen MR) is 133 cm³/mol. The monoisotopic (exact) mass is 476 g/mol. The zero-order valence-corrected chi connectivity index (χ0v) is 22.0. The Hall–Kier alpha value is -2.59. The Balaban J connectivity index is 0.00000265. The molecule has 2 aromatic carbocycles. The van der Waals surface area contributed by atoms with Crippen LogP contribution in [-0.4, -0.2) is 26.0 Å². The third kappa shape index (κ3) is 9.05. The molecule has 0 radical (unpaired) electrons. The van der Waals surface area contributed by atoms with Crippen molar-refractivity contribution in [2.75, 3.05) is 14.2 Å². The van der Waals surface area contributed by atoms with Gasteiger partial charge in [-0.05, 0) is 41.9 Å². The fraction of sp³-hybridized carbons (Fsp3) is 0.462. The van der Waals surface area contributed by atoms with Gasteiger partial charge in [-0.25, -0.2) is 0 Å². The molecule has 0 aromatic heterocycles. The second-order valence-corrected chi connectivity index (χ2v) is 9.15. The van der Waals surface area contributed by atoms with Crippen molar-refractivity contribution in [3.63, 3.8) is 0 Å². The van der Waals surface area contributed by atoms with Crippen molar-refractivity contribution in [3.8, 4) is 11.5 Å². The average Bonchev–Trinajstić information content (AvgIpc) is 2.80. The van der Waals surface area contributed by atoms with Crippen LogP contribution in [0.1, 0.15) is 56.5 Å². The van der Waals surface area contributed by atoms with Gasteiger partial charge in [-0.2, -0.15) is 0 Å². The Labute approximate surface area is 199 Å². The van der Waals surface area contributed by atoms with Gasteiger partial charge >= 0.3 is 5.97 Å². The van der Waals surface area contributed by atoms with Crippen LogP contribution in [0.3, 0.4) is 0 Å². The van der Waals surface area contributed by atoms with E-state index in [9.17, 15) is 9.59 Å². The maximum Gasteiger partial charge on any atom is 0.317 e. The van der Waals surface area contributed by atoms with Gasteiger partial charge in [-0.3, -0.25) is 9.59 Å². The molecule has 0 amide bonds. The Morgan fingerprint density at radius 1 is 0.909 bits per heavy atom. The Morgan fingerprint density at radius 3 is 1.94 bits per heavy atom. The lowest BCUT2D eigenvalue weighted by Crippen LogP contribution is -2.29. The van der Waals surface area contributed by atoms with Gasteiger partial charge in [0.05, 0.1) is 23.3 Å². The molecule has 3 unspecified atom stereocenters. The first-order valence-corrected chi connectivity index (χ1v) is 11.5. The number of rotatable bonds is 10. The lowest BCUT2D eigenvalue weighted by atomic mass is 9.80. The zero-order valence-electron chi connectivity index (χ0n) is 20.6. The molecule has 33 heavy (non-hydrogen) atoms. The van der Waals surface area contributed by atoms with E-state index in [1.165, 1.54) is 14.2 Å². The van der Waals surface area contributed by atoms with Gasteiger partial charge in [0.2, 0.25) is 0 Å². The van der Waals surface area contributed by atoms with Crippen molar-refractivity contribution in [2.24, 2.45) is 17.3 Å². The van der Waals surface area contributed by atoms with Gasteiger partial charge in [0, 0.05) is 0 Å². The maximum atomic E-state index is 13.6. The number of ketones is 1. The van der Waals surface area contributed by atoms with E-state index in [2.05, 4.69) is 27.7 Å². The Bertz CT molecular complexity index is 869. The summed E-state index contributed by atoms with van der Waals surface area (Å²) in [6.07, 6.45) is 1.27. The maximum absolute atomic E-state index is 13.6. The molecule has 0 saturated heterocycles. The van der Waals surface area contributed by atoms with Crippen LogP contribution >= 0.6 is 9.12 Å². The summed E-state index contributed by atoms with van der Waals surface area (Å²) in [4.78, 5) is 26.7. The summed E-state index contributed by atoms with van der Waals surface area (Å²) in [5.74, 6) is -0.886. The summed E-state index contributed by atoms with van der Waals surface area (Å²) in [6, 6.07) is 14.6. The minimum Gasteiger partial charge on any atom is -0.496 e. The minimum atomic E-state index is -0.939. The number of benzene rings is 2. The highest BCUT2D eigenvalue weighted by molar-refractivity contribution is 7.00. The van der Waals surface area contributed by atoms with Crippen LogP contribution in [0.2, 0.25) is 0 Å². The Morgan fingerprint density at radius 2 is 1.45 bits per heavy atom. The molecule has 3 atom stereocenters. The molecule has 0 aliphatic heterocycles. The van der Waals surface area contributed by atoms with Gasteiger partial charge in [-0.1, -0.05) is 64.1 Å². The molecule has 7 heteroatoms. The molecule has 0 aliphatic rings. The second-order valence-electron chi connectivity index (χ2n) is 9.15. The van der Waals surface area contributed by atoms with E-state index in [1.54, 1.807) is 18.2 Å². The largest absolute Gasteiger partial charge is 0.496 e. The molecule has 0 saturated carbocycles. The summed E-state index contributed by atoms with van der Waals surface area (Å²) < 4.78 is 24.6. The number of ether oxygens (including phenoxy) is 3. The highest BCUT2D eigenvalue weighted by atomic mass is 31.0. The summed E-state index contributed by atoms with van der Waals surface area (Å²) in [5.41, 5.74) is 1.24. The van der Waals surface area contributed by atoms with Crippen molar-refractivity contribution in [1.29, 1.82) is 0 Å². The first kappa shape index (κ1) is 28.4. The lowest BCUT2D eigenvalue weighted by molar-refractivity contribution is -0.148. The highest BCUT2D eigenvalue weighted by Crippen LogP contribution is 2.35. The van der Waals surface area contributed by atoms with Crippen LogP contribution in [0.15, 0.2) is 48.5 Å². The number of carbonyl (C=O) groups is 2. The van der Waals surface area contributed by atoms with Crippen molar-refractivity contribution in [1.82, 2.24) is 0 Å². The molecule has 0 bridgehead atoms. The summed E-state index contributed by atoms with van der Waals surface area (Å²) >= 11 is 0. The van der Waals surface area contributed by atoms with Crippen LogP contribution in [0.5, 0.6) is 11.5 Å². The van der Waals surface area contributed by atoms with Crippen LogP contribution in [0.4, 0.5) is 0 Å². The van der Waals surface area contributed by atoms with E-state index in [-0.39, 0.29) is 29.3 Å². The topological polar surface area (TPSA) is 78.9 Å². The molecule has 0 heterocycles. The number of hydrogen-bond donors (Lipinski definition) is 0. The van der Waals surface area contributed by atoms with Gasteiger partial charge in [0.1, 0.15) is 29.6 Å². The normalized spacial score (nSPS) is 12.7. The van der Waals surface area contributed by atoms with E-state index in [0.29, 0.717) is 27.0 Å². The van der Waals surface area contributed by atoms with E-state index in [0.717, 1.165) is 12.0 Å². The standard InChI is InChI=1S/C26H34O5.H3OP/c1-18(16-26(2,3)4)15-20(25(28)31-17-19-11-8-7-9-12-19)24(27)23-21(29-5)13-10-14-22(23)30-6;1-2/h7-14,18,20H,15-17H2,1-6H3;2H3. The number of methoxy groups -OCH3 is 2. The van der Waals surface area contributed by atoms with Crippen LogP contribution in [-0.2, 0) is 20.7 Å². The van der Waals surface area contributed by atoms with Crippen molar-refractivity contribution >= 4 is 20.9 Å². The third-order valence-corrected chi connectivity index (χ3v) is 5.10. The molecule has 2 aromatic rings. The molecule has 0 aliphatic carbocycles. The van der Waals surface area contributed by atoms with Crippen LogP contribution in [0, 0.1) is 17.3 Å². The summed E-state index contributed by atoms with van der Waals surface area (Å²) in [7, 11) is 3.60. The van der Waals surface area contributed by atoms with Crippen molar-refractivity contribution in [2.45, 2.75) is 47.1 Å². The molecule has 0 spiro atoms. The first-order valence-electron chi connectivity index (χ1n) is 10.9. The Kier molecular flexibility index (Phi) is 11.9. The van der Waals surface area contributed by atoms with Crippen LogP contribution in [0.25, 0.3) is 0 Å². The molecule has 2 rings (SSSR count). The molecule has 0 fully saturated rings. The van der Waals surface area contributed by atoms with E-state index < -0.39 is 11.9 Å². The lowest BCUT2D eigenvalue weighted by Gasteiger charge is -2.26. The molecular formula is C26H37O6P. The van der Waals surface area contributed by atoms with E-state index >= 15 is 0 Å². The molecular weight excluding hydrogens is 439 g/mol. The summed E-state index contributed by atoms with van der Waals surface area (Å²) in [5, 5.41) is 0. The number of carbonyl (C=O) groups excluding carboxylic acids is 2. The van der Waals surface area contributed by atoms with Crippen LogP contribution < -0.4 is 9.47 Å². The first-order chi connectivity index (χ1) is 15.7. The zero-order chi connectivity index (χ0) is 25.0. The minimum absolute atomic E-state index is 0.0864. The fourth-order valence-electron chi connectivity index (χ4n) is 3.94. The van der Waals surface area contributed by atoms with Gasteiger partial charge < -0.3 is 18.8 Å². The average molecular weight is 477 g/mol. The van der Waals surface area contributed by atoms with Crippen molar-refractivity contribution in [3.05, 3.63) is 59.7 Å². The molecule has 0 N–H and O–H groups in total. The SMILES string of the molecule is COc1cccc(OC)c1C(=O)C(CC(C)CC(C)(C)C)C(=O)OCc1ccccc1.O=[PH3]. The fourth-order valence-corrected chi connectivity index (χ4v) is 3.94. The number of Topliss-reactive ketones (excluding diaryl/α,β-unsaturated/α-hetero) is 1. The second kappa shape index (κ2) is 13.8. The van der Waals surface area contributed by atoms with E-state index in [1.807, 2.05) is 30.3 Å². The third-order valence-electron chi connectivity index (χ3n) is 5.10. The molecule has 182 valence electrons. The summed E-state index contributed by atoms with van der Waals surface area (Å²) in [6.45, 7) is 8.64. The quantitative estimate of drug-likeness (QED) is 0.191. The highest BCUT2D eigenvalue weighted by Gasteiger charge is 2.35. The van der Waals surface area contributed by atoms with Crippen molar-refractivity contribution < 1.29 is 28.4 Å². The molecule has 6 nitrogen and oxygen atoms in total. The number of hydrogen-bond acceptors (Lipinski definition) is 6. The van der Waals surface area contributed by atoms with Gasteiger partial charge in [0.15, 0.2) is 5.78 Å². The van der Waals surface area contributed by atoms with Gasteiger partial charge in [-0.15, -0.1) is 0 Å². The van der Waals surface area contributed by atoms with Gasteiger partial charge in [0.25, 0.3) is 0 Å². The smallest absolute Gasteiger partial charge is 0.317 e. The van der Waals surface area contributed by atoms with E-state index in [4.69, 9.17) is 18.8 Å².